The van der Waals surface area contributed by atoms with Crippen molar-refractivity contribution in [2.75, 3.05) is 11.1 Å². The molecule has 1 amide bonds. The maximum absolute atomic E-state index is 12.4. The van der Waals surface area contributed by atoms with Crippen LogP contribution in [0.15, 0.2) is 42.5 Å². The minimum Gasteiger partial charge on any atom is -0.449 e. The van der Waals surface area contributed by atoms with Crippen LogP contribution in [-0.4, -0.2) is 23.0 Å². The molecule has 1 atom stereocenters. The van der Waals surface area contributed by atoms with Crippen molar-refractivity contribution in [3.05, 3.63) is 53.6 Å². The highest BCUT2D eigenvalue weighted by molar-refractivity contribution is 7.22. The van der Waals surface area contributed by atoms with Gasteiger partial charge in [0.2, 0.25) is 0 Å². The van der Waals surface area contributed by atoms with Gasteiger partial charge >= 0.3 is 5.97 Å². The van der Waals surface area contributed by atoms with E-state index >= 15 is 0 Å². The monoisotopic (exact) mass is 397 g/mol. The van der Waals surface area contributed by atoms with Gasteiger partial charge in [-0.3, -0.25) is 4.79 Å². The van der Waals surface area contributed by atoms with E-state index in [-0.39, 0.29) is 11.3 Å². The summed E-state index contributed by atoms with van der Waals surface area (Å²) in [7, 11) is 0. The molecule has 0 saturated heterocycles. The lowest BCUT2D eigenvalue weighted by Gasteiger charge is -2.19. The summed E-state index contributed by atoms with van der Waals surface area (Å²) in [5.41, 5.74) is 8.62. The summed E-state index contributed by atoms with van der Waals surface area (Å²) in [6.45, 7) is 7.92. The van der Waals surface area contributed by atoms with Crippen LogP contribution in [0.5, 0.6) is 0 Å². The third kappa shape index (κ3) is 4.48. The summed E-state index contributed by atoms with van der Waals surface area (Å²) in [5.74, 6) is -0.959. The SMILES string of the molecule is CC(OC(=O)c1ccc2nc(N)sc2c1)C(=O)Nc1ccc(C(C)(C)C)cc1. The van der Waals surface area contributed by atoms with Gasteiger partial charge in [-0.25, -0.2) is 9.78 Å². The number of ether oxygens (including phenoxy) is 1. The third-order valence-electron chi connectivity index (χ3n) is 4.31. The van der Waals surface area contributed by atoms with E-state index in [0.29, 0.717) is 16.4 Å². The Balaban J connectivity index is 1.63. The molecular weight excluding hydrogens is 374 g/mol. The van der Waals surface area contributed by atoms with Crippen molar-refractivity contribution in [1.29, 1.82) is 0 Å². The van der Waals surface area contributed by atoms with Gasteiger partial charge in [0, 0.05) is 5.69 Å². The summed E-state index contributed by atoms with van der Waals surface area (Å²) in [5, 5.41) is 3.21. The molecule has 0 spiro atoms. The second-order valence-electron chi connectivity index (χ2n) is 7.60. The number of esters is 1. The van der Waals surface area contributed by atoms with Crippen LogP contribution in [0.4, 0.5) is 10.8 Å². The predicted molar refractivity (Wildman–Crippen MR) is 113 cm³/mol. The number of amides is 1. The maximum Gasteiger partial charge on any atom is 0.338 e. The van der Waals surface area contributed by atoms with E-state index in [4.69, 9.17) is 10.5 Å². The lowest BCUT2D eigenvalue weighted by Crippen LogP contribution is -2.30. The van der Waals surface area contributed by atoms with Crippen LogP contribution in [0.3, 0.4) is 0 Å². The van der Waals surface area contributed by atoms with E-state index in [1.165, 1.54) is 16.9 Å². The first-order valence-electron chi connectivity index (χ1n) is 8.92. The summed E-state index contributed by atoms with van der Waals surface area (Å²) >= 11 is 1.29. The van der Waals surface area contributed by atoms with E-state index in [0.717, 1.165) is 10.2 Å². The zero-order chi connectivity index (χ0) is 20.5. The number of hydrogen-bond acceptors (Lipinski definition) is 6. The molecule has 146 valence electrons. The van der Waals surface area contributed by atoms with Crippen molar-refractivity contribution in [2.24, 2.45) is 0 Å². The van der Waals surface area contributed by atoms with E-state index in [2.05, 4.69) is 31.1 Å². The lowest BCUT2D eigenvalue weighted by molar-refractivity contribution is -0.123. The topological polar surface area (TPSA) is 94.3 Å². The lowest BCUT2D eigenvalue weighted by atomic mass is 9.87. The highest BCUT2D eigenvalue weighted by Gasteiger charge is 2.20. The van der Waals surface area contributed by atoms with Crippen LogP contribution in [0.1, 0.15) is 43.6 Å². The molecule has 3 N–H and O–H groups in total. The highest BCUT2D eigenvalue weighted by atomic mass is 32.1. The number of hydrogen-bond donors (Lipinski definition) is 2. The van der Waals surface area contributed by atoms with Crippen molar-refractivity contribution >= 4 is 44.2 Å². The number of nitrogens with zero attached hydrogens (tertiary/aromatic N) is 1. The Morgan fingerprint density at radius 1 is 1.14 bits per heavy atom. The predicted octanol–water partition coefficient (Wildman–Crippen LogP) is 4.36. The molecule has 28 heavy (non-hydrogen) atoms. The Hall–Kier alpha value is -2.93. The molecule has 3 aromatic rings. The number of nitrogen functional groups attached to an aromatic ring is 1. The van der Waals surface area contributed by atoms with Crippen molar-refractivity contribution in [3.63, 3.8) is 0 Å². The Labute approximate surface area is 167 Å². The van der Waals surface area contributed by atoms with Crippen LogP contribution < -0.4 is 11.1 Å². The van der Waals surface area contributed by atoms with Gasteiger partial charge in [0.05, 0.1) is 15.8 Å². The van der Waals surface area contributed by atoms with Gasteiger partial charge in [0.1, 0.15) is 0 Å². The van der Waals surface area contributed by atoms with Crippen LogP contribution >= 0.6 is 11.3 Å². The summed E-state index contributed by atoms with van der Waals surface area (Å²) in [6, 6.07) is 12.6. The zero-order valence-corrected chi connectivity index (χ0v) is 17.1. The fourth-order valence-electron chi connectivity index (χ4n) is 2.65. The van der Waals surface area contributed by atoms with Crippen molar-refractivity contribution in [2.45, 2.75) is 39.2 Å². The summed E-state index contributed by atoms with van der Waals surface area (Å²) in [6.07, 6.45) is -0.933. The molecule has 0 bridgehead atoms. The Morgan fingerprint density at radius 3 is 2.46 bits per heavy atom. The van der Waals surface area contributed by atoms with Gasteiger partial charge < -0.3 is 15.8 Å². The maximum atomic E-state index is 12.4. The fourth-order valence-corrected chi connectivity index (χ4v) is 3.42. The minimum atomic E-state index is -0.933. The second-order valence-corrected chi connectivity index (χ2v) is 8.66. The molecule has 0 fully saturated rings. The van der Waals surface area contributed by atoms with Crippen LogP contribution in [0, 0.1) is 0 Å². The van der Waals surface area contributed by atoms with Crippen molar-refractivity contribution in [1.82, 2.24) is 4.98 Å². The molecule has 1 unspecified atom stereocenters. The Kier molecular flexibility index (Phi) is 5.38. The standard InChI is InChI=1S/C21H23N3O3S/c1-12(18(25)23-15-8-6-14(7-9-15)21(2,3)4)27-19(26)13-5-10-16-17(11-13)28-20(22)24-16/h5-12H,1-4H3,(H2,22,24)(H,23,25). The van der Waals surface area contributed by atoms with Gasteiger partial charge in [-0.1, -0.05) is 44.2 Å². The van der Waals surface area contributed by atoms with Gasteiger partial charge in [0.15, 0.2) is 11.2 Å². The van der Waals surface area contributed by atoms with Gasteiger partial charge in [0.25, 0.3) is 5.91 Å². The molecule has 0 aliphatic carbocycles. The molecule has 3 rings (SSSR count). The molecule has 7 heteroatoms. The van der Waals surface area contributed by atoms with Crippen LogP contribution in [0.2, 0.25) is 0 Å². The van der Waals surface area contributed by atoms with Crippen molar-refractivity contribution in [3.8, 4) is 0 Å². The molecule has 0 aliphatic heterocycles. The van der Waals surface area contributed by atoms with Crippen LogP contribution in [0.25, 0.3) is 10.2 Å². The molecule has 1 heterocycles. The molecule has 6 nitrogen and oxygen atoms in total. The second kappa shape index (κ2) is 7.59. The third-order valence-corrected chi connectivity index (χ3v) is 5.16. The Morgan fingerprint density at radius 2 is 1.82 bits per heavy atom. The van der Waals surface area contributed by atoms with Gasteiger partial charge in [-0.15, -0.1) is 0 Å². The molecule has 0 radical (unpaired) electrons. The smallest absolute Gasteiger partial charge is 0.338 e. The fraction of sp³-hybridized carbons (Fsp3) is 0.286. The van der Waals surface area contributed by atoms with E-state index in [1.54, 1.807) is 25.1 Å². The summed E-state index contributed by atoms with van der Waals surface area (Å²) in [4.78, 5) is 28.9. The van der Waals surface area contributed by atoms with E-state index in [9.17, 15) is 9.59 Å². The van der Waals surface area contributed by atoms with Crippen molar-refractivity contribution < 1.29 is 14.3 Å². The van der Waals surface area contributed by atoms with E-state index in [1.807, 2.05) is 24.3 Å². The number of nitrogens with one attached hydrogen (secondary N) is 1. The minimum absolute atomic E-state index is 0.0369. The molecule has 2 aromatic carbocycles. The first kappa shape index (κ1) is 19.8. The number of nitrogens with two attached hydrogens (primary N) is 1. The average molecular weight is 398 g/mol. The average Bonchev–Trinajstić information content (AvgIpc) is 3.00. The number of anilines is 2. The number of thiazole rings is 1. The van der Waals surface area contributed by atoms with Gasteiger partial charge in [-0.05, 0) is 48.2 Å². The quantitative estimate of drug-likeness (QED) is 0.638. The zero-order valence-electron chi connectivity index (χ0n) is 16.3. The molecule has 0 aliphatic rings. The first-order valence-corrected chi connectivity index (χ1v) is 9.73. The number of rotatable bonds is 4. The molecular formula is C21H23N3O3S. The largest absolute Gasteiger partial charge is 0.449 e. The number of carbonyl (C=O) groups excluding carboxylic acids is 2. The summed E-state index contributed by atoms with van der Waals surface area (Å²) < 4.78 is 6.10. The first-order chi connectivity index (χ1) is 13.1. The number of benzene rings is 2. The number of aromatic nitrogens is 1. The molecule has 1 aromatic heterocycles. The van der Waals surface area contributed by atoms with E-state index < -0.39 is 12.1 Å². The molecule has 0 saturated carbocycles. The normalized spacial score (nSPS) is 12.6. The van der Waals surface area contributed by atoms with Crippen LogP contribution in [-0.2, 0) is 14.9 Å². The number of carbonyl (C=O) groups is 2. The Bertz CT molecular complexity index is 1020. The number of fused-ring (bicyclic) bond motifs is 1. The highest BCUT2D eigenvalue weighted by Crippen LogP contribution is 2.25. The van der Waals surface area contributed by atoms with Gasteiger partial charge in [-0.2, -0.15) is 0 Å².